The van der Waals surface area contributed by atoms with Crippen LogP contribution in [0.5, 0.6) is 0 Å². The van der Waals surface area contributed by atoms with Gasteiger partial charge in [0.1, 0.15) is 0 Å². The van der Waals surface area contributed by atoms with E-state index in [1.165, 1.54) is 6.08 Å². The summed E-state index contributed by atoms with van der Waals surface area (Å²) in [6, 6.07) is 0. The molecule has 0 amide bonds. The summed E-state index contributed by atoms with van der Waals surface area (Å²) in [5.74, 6) is 0.150. The topological polar surface area (TPSA) is 17.1 Å². The van der Waals surface area contributed by atoms with Gasteiger partial charge >= 0.3 is 0 Å². The fourth-order valence-corrected chi connectivity index (χ4v) is 0.949. The molecule has 0 unspecified atom stereocenters. The number of carbonyl (C=O) groups excluding carboxylic acids is 1. The number of allylic oxidation sites excluding steroid dienone is 5. The van der Waals surface area contributed by atoms with E-state index in [4.69, 9.17) is 0 Å². The molecule has 0 fully saturated rings. The van der Waals surface area contributed by atoms with Crippen LogP contribution in [0.3, 0.4) is 0 Å². The Hall–Kier alpha value is -1.11. The van der Waals surface area contributed by atoms with E-state index in [9.17, 15) is 4.79 Å². The van der Waals surface area contributed by atoms with E-state index in [1.807, 2.05) is 25.2 Å². The second-order valence-corrected chi connectivity index (χ2v) is 2.87. The lowest BCUT2D eigenvalue weighted by Crippen LogP contribution is -1.90. The van der Waals surface area contributed by atoms with Crippen LogP contribution in [0.2, 0.25) is 0 Å². The molecule has 0 rings (SSSR count). The van der Waals surface area contributed by atoms with Gasteiger partial charge in [-0.3, -0.25) is 4.79 Å². The maximum atomic E-state index is 10.8. The summed E-state index contributed by atoms with van der Waals surface area (Å²) >= 11 is 0. The Kier molecular flexibility index (Phi) is 8.21. The number of ketones is 1. The smallest absolute Gasteiger partial charge is 0.155 e. The third-order valence-corrected chi connectivity index (χ3v) is 1.71. The van der Waals surface area contributed by atoms with Crippen molar-refractivity contribution in [1.82, 2.24) is 0 Å². The number of rotatable bonds is 7. The zero-order valence-corrected chi connectivity index (χ0v) is 8.33. The average molecular weight is 178 g/mol. The molecule has 0 aliphatic rings. The minimum atomic E-state index is 0.150. The molecule has 0 radical (unpaired) electrons. The van der Waals surface area contributed by atoms with Gasteiger partial charge in [0.15, 0.2) is 5.78 Å². The SMILES string of the molecule is C=CC(=O)CCCC/C=C/C=C/C. The zero-order chi connectivity index (χ0) is 9.94. The summed E-state index contributed by atoms with van der Waals surface area (Å²) in [4.78, 5) is 10.8. The Bertz CT molecular complexity index is 199. The largest absolute Gasteiger partial charge is 0.295 e. The summed E-state index contributed by atoms with van der Waals surface area (Å²) in [6.07, 6.45) is 13.3. The molecule has 1 heteroatoms. The molecule has 0 saturated heterocycles. The molecule has 0 aromatic heterocycles. The van der Waals surface area contributed by atoms with E-state index >= 15 is 0 Å². The fraction of sp³-hybridized carbons (Fsp3) is 0.417. The Morgan fingerprint density at radius 2 is 2.08 bits per heavy atom. The molecule has 0 spiro atoms. The highest BCUT2D eigenvalue weighted by Gasteiger charge is 1.93. The molecule has 1 nitrogen and oxygen atoms in total. The maximum absolute atomic E-state index is 10.8. The molecule has 13 heavy (non-hydrogen) atoms. The molecule has 72 valence electrons. The van der Waals surface area contributed by atoms with Crippen LogP contribution in [0, 0.1) is 0 Å². The molecule has 0 aliphatic heterocycles. The van der Waals surface area contributed by atoms with Crippen LogP contribution < -0.4 is 0 Å². The first-order chi connectivity index (χ1) is 6.31. The Morgan fingerprint density at radius 3 is 2.69 bits per heavy atom. The van der Waals surface area contributed by atoms with E-state index in [1.54, 1.807) is 0 Å². The fourth-order valence-electron chi connectivity index (χ4n) is 0.949. The zero-order valence-electron chi connectivity index (χ0n) is 8.33. The minimum Gasteiger partial charge on any atom is -0.295 e. The Labute approximate surface area is 80.8 Å². The Balaban J connectivity index is 3.26. The van der Waals surface area contributed by atoms with Gasteiger partial charge in [-0.15, -0.1) is 0 Å². The van der Waals surface area contributed by atoms with E-state index in [-0.39, 0.29) is 5.78 Å². The lowest BCUT2D eigenvalue weighted by atomic mass is 10.1. The van der Waals surface area contributed by atoms with Gasteiger partial charge in [0, 0.05) is 6.42 Å². The van der Waals surface area contributed by atoms with Gasteiger partial charge in [0.05, 0.1) is 0 Å². The molecule has 0 N–H and O–H groups in total. The van der Waals surface area contributed by atoms with E-state index in [0.29, 0.717) is 6.42 Å². The molecule has 0 atom stereocenters. The molecular weight excluding hydrogens is 160 g/mol. The number of hydrogen-bond acceptors (Lipinski definition) is 1. The van der Waals surface area contributed by atoms with Crippen LogP contribution in [0.1, 0.15) is 32.6 Å². The predicted octanol–water partition coefficient (Wildman–Crippen LogP) is 3.43. The summed E-state index contributed by atoms with van der Waals surface area (Å²) in [7, 11) is 0. The van der Waals surface area contributed by atoms with Crippen molar-refractivity contribution in [1.29, 1.82) is 0 Å². The average Bonchev–Trinajstić information content (AvgIpc) is 2.16. The van der Waals surface area contributed by atoms with Crippen molar-refractivity contribution >= 4 is 5.78 Å². The summed E-state index contributed by atoms with van der Waals surface area (Å²) in [5.41, 5.74) is 0. The van der Waals surface area contributed by atoms with Gasteiger partial charge in [-0.2, -0.15) is 0 Å². The predicted molar refractivity (Wildman–Crippen MR) is 57.6 cm³/mol. The van der Waals surface area contributed by atoms with Crippen LogP contribution >= 0.6 is 0 Å². The third-order valence-electron chi connectivity index (χ3n) is 1.71. The van der Waals surface area contributed by atoms with Gasteiger partial charge in [0.25, 0.3) is 0 Å². The number of unbranched alkanes of at least 4 members (excludes halogenated alkanes) is 2. The molecule has 0 aromatic rings. The normalized spacial score (nSPS) is 11.2. The van der Waals surface area contributed by atoms with Crippen LogP contribution in [0.4, 0.5) is 0 Å². The van der Waals surface area contributed by atoms with Crippen LogP contribution in [-0.2, 0) is 4.79 Å². The van der Waals surface area contributed by atoms with E-state index in [0.717, 1.165) is 19.3 Å². The maximum Gasteiger partial charge on any atom is 0.155 e. The van der Waals surface area contributed by atoms with Crippen molar-refractivity contribution in [3.63, 3.8) is 0 Å². The summed E-state index contributed by atoms with van der Waals surface area (Å²) in [5, 5.41) is 0. The van der Waals surface area contributed by atoms with Crippen molar-refractivity contribution in [3.05, 3.63) is 37.0 Å². The van der Waals surface area contributed by atoms with Crippen molar-refractivity contribution in [2.45, 2.75) is 32.6 Å². The first-order valence-corrected chi connectivity index (χ1v) is 4.74. The van der Waals surface area contributed by atoms with Crippen molar-refractivity contribution in [3.8, 4) is 0 Å². The van der Waals surface area contributed by atoms with Crippen molar-refractivity contribution in [2.24, 2.45) is 0 Å². The summed E-state index contributed by atoms with van der Waals surface area (Å²) in [6.45, 7) is 5.42. The molecular formula is C12H18O. The number of carbonyl (C=O) groups is 1. The second kappa shape index (κ2) is 8.98. The van der Waals surface area contributed by atoms with Crippen LogP contribution in [0.15, 0.2) is 37.0 Å². The first kappa shape index (κ1) is 11.9. The van der Waals surface area contributed by atoms with Crippen LogP contribution in [0.25, 0.3) is 0 Å². The number of hydrogen-bond donors (Lipinski definition) is 0. The van der Waals surface area contributed by atoms with Gasteiger partial charge in [-0.1, -0.05) is 30.9 Å². The van der Waals surface area contributed by atoms with Crippen LogP contribution in [-0.4, -0.2) is 5.78 Å². The summed E-state index contributed by atoms with van der Waals surface area (Å²) < 4.78 is 0. The minimum absolute atomic E-state index is 0.150. The molecule has 0 heterocycles. The highest BCUT2D eigenvalue weighted by atomic mass is 16.1. The van der Waals surface area contributed by atoms with Gasteiger partial charge in [-0.05, 0) is 32.3 Å². The molecule has 0 bridgehead atoms. The van der Waals surface area contributed by atoms with E-state index in [2.05, 4.69) is 12.7 Å². The standard InChI is InChI=1S/C12H18O/c1-3-5-6-7-8-9-10-11-12(13)4-2/h3-7H,2,8-11H2,1H3/b5-3+,7-6+. The lowest BCUT2D eigenvalue weighted by Gasteiger charge is -1.93. The van der Waals surface area contributed by atoms with Gasteiger partial charge in [0.2, 0.25) is 0 Å². The molecule has 0 saturated carbocycles. The van der Waals surface area contributed by atoms with Crippen molar-refractivity contribution in [2.75, 3.05) is 0 Å². The highest BCUT2D eigenvalue weighted by Crippen LogP contribution is 2.01. The second-order valence-electron chi connectivity index (χ2n) is 2.87. The van der Waals surface area contributed by atoms with Gasteiger partial charge < -0.3 is 0 Å². The third kappa shape index (κ3) is 8.80. The lowest BCUT2D eigenvalue weighted by molar-refractivity contribution is -0.114. The van der Waals surface area contributed by atoms with E-state index < -0.39 is 0 Å². The molecule has 0 aliphatic carbocycles. The highest BCUT2D eigenvalue weighted by molar-refractivity contribution is 5.88. The Morgan fingerprint density at radius 1 is 1.31 bits per heavy atom. The first-order valence-electron chi connectivity index (χ1n) is 4.74. The van der Waals surface area contributed by atoms with Gasteiger partial charge in [-0.25, -0.2) is 0 Å². The monoisotopic (exact) mass is 178 g/mol. The van der Waals surface area contributed by atoms with Crippen molar-refractivity contribution < 1.29 is 4.79 Å². The molecule has 0 aromatic carbocycles. The quantitative estimate of drug-likeness (QED) is 0.331.